The molecular weight excluding hydrogens is 330 g/mol. The predicted octanol–water partition coefficient (Wildman–Crippen LogP) is 1.63. The Morgan fingerprint density at radius 1 is 1.25 bits per heavy atom. The normalized spacial score (nSPS) is 10.5. The lowest BCUT2D eigenvalue weighted by molar-refractivity contribution is 0.0996. The number of carbonyl (C=O) groups excluding carboxylic acids is 2. The van der Waals surface area contributed by atoms with Crippen LogP contribution in [0, 0.1) is 0 Å². The summed E-state index contributed by atoms with van der Waals surface area (Å²) in [6.45, 7) is 0. The van der Waals surface area contributed by atoms with E-state index in [9.17, 15) is 9.59 Å². The van der Waals surface area contributed by atoms with Crippen molar-refractivity contribution in [3.8, 4) is 5.75 Å². The van der Waals surface area contributed by atoms with Crippen molar-refractivity contribution in [2.24, 2.45) is 5.73 Å². The molecule has 3 rings (SSSR count). The molecule has 122 valence electrons. The molecule has 8 nitrogen and oxygen atoms in total. The highest BCUT2D eigenvalue weighted by atomic mass is 32.1. The molecule has 1 aromatic carbocycles. The van der Waals surface area contributed by atoms with Gasteiger partial charge in [0.25, 0.3) is 5.91 Å². The summed E-state index contributed by atoms with van der Waals surface area (Å²) in [5.41, 5.74) is 12.5. The van der Waals surface area contributed by atoms with Gasteiger partial charge in [0, 0.05) is 22.7 Å². The molecule has 0 unspecified atom stereocenters. The van der Waals surface area contributed by atoms with E-state index in [0.717, 1.165) is 0 Å². The van der Waals surface area contributed by atoms with Crippen molar-refractivity contribution < 1.29 is 14.3 Å². The number of nitrogen functional groups attached to an aromatic ring is 1. The third-order valence-electron chi connectivity index (χ3n) is 3.31. The maximum absolute atomic E-state index is 12.5. The molecule has 0 aliphatic heterocycles. The van der Waals surface area contributed by atoms with E-state index >= 15 is 0 Å². The molecule has 0 bridgehead atoms. The SMILES string of the molecule is COc1cc(NC(=O)c2csc3c(N)ncnc23)cc(C(N)=O)c1. The zero-order chi connectivity index (χ0) is 17.3. The van der Waals surface area contributed by atoms with Gasteiger partial charge < -0.3 is 21.5 Å². The predicted molar refractivity (Wildman–Crippen MR) is 91.3 cm³/mol. The first-order valence-electron chi connectivity index (χ1n) is 6.77. The maximum Gasteiger partial charge on any atom is 0.258 e. The molecule has 0 saturated carbocycles. The minimum absolute atomic E-state index is 0.228. The molecule has 0 saturated heterocycles. The molecule has 0 atom stereocenters. The fourth-order valence-electron chi connectivity index (χ4n) is 2.16. The number of thiophene rings is 1. The number of hydrogen-bond donors (Lipinski definition) is 3. The summed E-state index contributed by atoms with van der Waals surface area (Å²) in [5, 5.41) is 4.36. The number of benzene rings is 1. The fourth-order valence-corrected chi connectivity index (χ4v) is 3.06. The molecule has 2 heterocycles. The van der Waals surface area contributed by atoms with E-state index in [1.54, 1.807) is 11.4 Å². The standard InChI is InChI=1S/C15H13N5O3S/c1-23-9-3-7(14(17)21)2-8(4-9)20-15(22)10-5-24-12-11(10)18-6-19-13(12)16/h2-6H,1H3,(H2,17,21)(H,20,22)(H2,16,18,19). The van der Waals surface area contributed by atoms with Crippen LogP contribution in [0.1, 0.15) is 20.7 Å². The molecule has 2 amide bonds. The Morgan fingerprint density at radius 2 is 2.04 bits per heavy atom. The van der Waals surface area contributed by atoms with Crippen molar-refractivity contribution in [1.29, 1.82) is 0 Å². The lowest BCUT2D eigenvalue weighted by Crippen LogP contribution is -2.14. The van der Waals surface area contributed by atoms with E-state index in [2.05, 4.69) is 15.3 Å². The van der Waals surface area contributed by atoms with E-state index < -0.39 is 5.91 Å². The second kappa shape index (κ2) is 6.13. The van der Waals surface area contributed by atoms with Crippen molar-refractivity contribution in [2.75, 3.05) is 18.2 Å². The summed E-state index contributed by atoms with van der Waals surface area (Å²) in [6.07, 6.45) is 1.30. The fraction of sp³-hybridized carbons (Fsp3) is 0.0667. The summed E-state index contributed by atoms with van der Waals surface area (Å²) >= 11 is 1.29. The van der Waals surface area contributed by atoms with Gasteiger partial charge in [0.15, 0.2) is 0 Å². The Hall–Kier alpha value is -3.20. The summed E-state index contributed by atoms with van der Waals surface area (Å²) in [7, 11) is 1.46. The van der Waals surface area contributed by atoms with Crippen molar-refractivity contribution in [3.63, 3.8) is 0 Å². The number of amides is 2. The largest absolute Gasteiger partial charge is 0.497 e. The molecule has 9 heteroatoms. The summed E-state index contributed by atoms with van der Waals surface area (Å²) in [5.74, 6) is -0.279. The number of ether oxygens (including phenoxy) is 1. The van der Waals surface area contributed by atoms with E-state index in [1.807, 2.05) is 0 Å². The molecular formula is C15H13N5O3S. The number of methoxy groups -OCH3 is 1. The summed E-state index contributed by atoms with van der Waals surface area (Å²) in [4.78, 5) is 31.9. The number of nitrogens with two attached hydrogens (primary N) is 2. The van der Waals surface area contributed by atoms with Crippen molar-refractivity contribution >= 4 is 44.9 Å². The van der Waals surface area contributed by atoms with Crippen LogP contribution in [0.2, 0.25) is 0 Å². The Labute approximate surface area is 140 Å². The topological polar surface area (TPSA) is 133 Å². The quantitative estimate of drug-likeness (QED) is 0.659. The van der Waals surface area contributed by atoms with Crippen LogP contribution in [0.25, 0.3) is 10.2 Å². The molecule has 3 aromatic rings. The number of primary amides is 1. The van der Waals surface area contributed by atoms with Gasteiger partial charge in [-0.2, -0.15) is 0 Å². The second-order valence-corrected chi connectivity index (χ2v) is 5.73. The van der Waals surface area contributed by atoms with E-state index in [4.69, 9.17) is 16.2 Å². The van der Waals surface area contributed by atoms with Gasteiger partial charge in [-0.15, -0.1) is 11.3 Å². The van der Waals surface area contributed by atoms with Gasteiger partial charge in [0.05, 0.1) is 22.9 Å². The highest BCUT2D eigenvalue weighted by molar-refractivity contribution is 7.18. The summed E-state index contributed by atoms with van der Waals surface area (Å²) < 4.78 is 5.75. The first kappa shape index (κ1) is 15.7. The third-order valence-corrected chi connectivity index (χ3v) is 4.30. The smallest absolute Gasteiger partial charge is 0.258 e. The van der Waals surface area contributed by atoms with Gasteiger partial charge in [0.2, 0.25) is 5.91 Å². The monoisotopic (exact) mass is 343 g/mol. The van der Waals surface area contributed by atoms with Gasteiger partial charge in [-0.05, 0) is 12.1 Å². The molecule has 2 aromatic heterocycles. The van der Waals surface area contributed by atoms with Crippen LogP contribution < -0.4 is 21.5 Å². The number of fused-ring (bicyclic) bond motifs is 1. The highest BCUT2D eigenvalue weighted by Gasteiger charge is 2.16. The van der Waals surface area contributed by atoms with Crippen LogP contribution in [0.15, 0.2) is 29.9 Å². The Bertz CT molecular complexity index is 953. The van der Waals surface area contributed by atoms with Crippen molar-refractivity contribution in [3.05, 3.63) is 41.0 Å². The lowest BCUT2D eigenvalue weighted by Gasteiger charge is -2.08. The van der Waals surface area contributed by atoms with Crippen LogP contribution in [0.5, 0.6) is 5.75 Å². The van der Waals surface area contributed by atoms with Gasteiger partial charge in [-0.25, -0.2) is 9.97 Å². The Morgan fingerprint density at radius 3 is 2.75 bits per heavy atom. The van der Waals surface area contributed by atoms with Crippen LogP contribution in [-0.2, 0) is 0 Å². The lowest BCUT2D eigenvalue weighted by atomic mass is 10.1. The van der Waals surface area contributed by atoms with Crippen LogP contribution in [0.4, 0.5) is 11.5 Å². The third kappa shape index (κ3) is 2.84. The zero-order valence-corrected chi connectivity index (χ0v) is 13.4. The molecule has 24 heavy (non-hydrogen) atoms. The van der Waals surface area contributed by atoms with E-state index in [0.29, 0.717) is 33.0 Å². The summed E-state index contributed by atoms with van der Waals surface area (Å²) in [6, 6.07) is 4.55. The zero-order valence-electron chi connectivity index (χ0n) is 12.6. The molecule has 0 aliphatic carbocycles. The van der Waals surface area contributed by atoms with Gasteiger partial charge in [0.1, 0.15) is 17.9 Å². The minimum atomic E-state index is -0.620. The first-order chi connectivity index (χ1) is 11.5. The molecule has 0 spiro atoms. The number of nitrogens with zero attached hydrogens (tertiary/aromatic N) is 2. The van der Waals surface area contributed by atoms with Gasteiger partial charge >= 0.3 is 0 Å². The number of anilines is 2. The number of carbonyl (C=O) groups is 2. The average molecular weight is 343 g/mol. The minimum Gasteiger partial charge on any atom is -0.497 e. The Balaban J connectivity index is 1.95. The number of rotatable bonds is 4. The van der Waals surface area contributed by atoms with Crippen LogP contribution >= 0.6 is 11.3 Å². The molecule has 0 radical (unpaired) electrons. The highest BCUT2D eigenvalue weighted by Crippen LogP contribution is 2.28. The maximum atomic E-state index is 12.5. The van der Waals surface area contributed by atoms with Gasteiger partial charge in [-0.3, -0.25) is 9.59 Å². The number of aromatic nitrogens is 2. The average Bonchev–Trinajstić information content (AvgIpc) is 3.00. The number of hydrogen-bond acceptors (Lipinski definition) is 7. The van der Waals surface area contributed by atoms with Crippen LogP contribution in [-0.4, -0.2) is 28.9 Å². The van der Waals surface area contributed by atoms with E-state index in [-0.39, 0.29) is 11.5 Å². The van der Waals surface area contributed by atoms with Crippen molar-refractivity contribution in [2.45, 2.75) is 0 Å². The molecule has 0 fully saturated rings. The van der Waals surface area contributed by atoms with Gasteiger partial charge in [-0.1, -0.05) is 0 Å². The number of nitrogens with one attached hydrogen (secondary N) is 1. The second-order valence-electron chi connectivity index (χ2n) is 4.85. The Kier molecular flexibility index (Phi) is 4.00. The van der Waals surface area contributed by atoms with Crippen LogP contribution in [0.3, 0.4) is 0 Å². The van der Waals surface area contributed by atoms with Crippen molar-refractivity contribution in [1.82, 2.24) is 9.97 Å². The van der Waals surface area contributed by atoms with E-state index in [1.165, 1.54) is 36.9 Å². The molecule has 0 aliphatic rings. The first-order valence-corrected chi connectivity index (χ1v) is 7.65. The molecule has 5 N–H and O–H groups in total.